The molecule has 0 atom stereocenters. The Morgan fingerprint density at radius 3 is 2.62 bits per heavy atom. The van der Waals surface area contributed by atoms with E-state index < -0.39 is 0 Å². The first-order valence-corrected chi connectivity index (χ1v) is 9.43. The van der Waals surface area contributed by atoms with Crippen LogP contribution in [0.25, 0.3) is 0 Å². The Labute approximate surface area is 166 Å². The summed E-state index contributed by atoms with van der Waals surface area (Å²) in [7, 11) is 0. The van der Waals surface area contributed by atoms with Crippen LogP contribution in [0.2, 0.25) is 5.02 Å². The standard InChI is InChI=1S/C19H16ClN3OS2/c20-15-6-9-17(10-7-15)26-18-11-8-16(24-18)13-22-23-19(25)21-12-14-4-2-1-3-5-14/h1-11,13H,12H2,(H2,21,23,25). The molecule has 2 aromatic carbocycles. The third-order valence-electron chi connectivity index (χ3n) is 3.29. The molecule has 0 spiro atoms. The number of hydrogen-bond donors (Lipinski definition) is 2. The Balaban J connectivity index is 1.46. The van der Waals surface area contributed by atoms with Gasteiger partial charge in [0.15, 0.2) is 10.2 Å². The van der Waals surface area contributed by atoms with Crippen molar-refractivity contribution in [2.75, 3.05) is 0 Å². The molecule has 0 aliphatic carbocycles. The van der Waals surface area contributed by atoms with E-state index in [4.69, 9.17) is 28.2 Å². The first-order valence-electron chi connectivity index (χ1n) is 7.83. The molecule has 0 saturated carbocycles. The van der Waals surface area contributed by atoms with Gasteiger partial charge in [-0.25, -0.2) is 0 Å². The Morgan fingerprint density at radius 2 is 1.85 bits per heavy atom. The quantitative estimate of drug-likeness (QED) is 0.342. The van der Waals surface area contributed by atoms with E-state index in [1.165, 1.54) is 11.8 Å². The van der Waals surface area contributed by atoms with E-state index in [9.17, 15) is 0 Å². The lowest BCUT2D eigenvalue weighted by molar-refractivity contribution is 0.469. The Bertz CT molecular complexity index is 879. The summed E-state index contributed by atoms with van der Waals surface area (Å²) in [5.74, 6) is 0.639. The van der Waals surface area contributed by atoms with E-state index in [0.717, 1.165) is 15.6 Å². The van der Waals surface area contributed by atoms with Gasteiger partial charge < -0.3 is 9.73 Å². The highest BCUT2D eigenvalue weighted by atomic mass is 35.5. The van der Waals surface area contributed by atoms with Crippen molar-refractivity contribution < 1.29 is 4.42 Å². The summed E-state index contributed by atoms with van der Waals surface area (Å²) in [4.78, 5) is 1.05. The highest BCUT2D eigenvalue weighted by molar-refractivity contribution is 7.99. The highest BCUT2D eigenvalue weighted by Gasteiger charge is 2.03. The molecule has 0 bridgehead atoms. The number of benzene rings is 2. The van der Waals surface area contributed by atoms with Crippen LogP contribution in [-0.2, 0) is 6.54 Å². The molecule has 132 valence electrons. The molecule has 3 rings (SSSR count). The number of furan rings is 1. The summed E-state index contributed by atoms with van der Waals surface area (Å²) in [6.45, 7) is 0.644. The van der Waals surface area contributed by atoms with Crippen LogP contribution in [0, 0.1) is 0 Å². The summed E-state index contributed by atoms with van der Waals surface area (Å²) in [6.07, 6.45) is 1.59. The zero-order valence-electron chi connectivity index (χ0n) is 13.7. The maximum absolute atomic E-state index is 5.89. The highest BCUT2D eigenvalue weighted by Crippen LogP contribution is 2.29. The summed E-state index contributed by atoms with van der Waals surface area (Å²) < 4.78 is 5.71. The van der Waals surface area contributed by atoms with Gasteiger partial charge in [-0.3, -0.25) is 5.43 Å². The van der Waals surface area contributed by atoms with Crippen LogP contribution >= 0.6 is 35.6 Å². The third kappa shape index (κ3) is 5.91. The topological polar surface area (TPSA) is 49.6 Å². The van der Waals surface area contributed by atoms with Crippen molar-refractivity contribution in [1.29, 1.82) is 0 Å². The Hall–Kier alpha value is -2.28. The van der Waals surface area contributed by atoms with E-state index in [2.05, 4.69) is 15.8 Å². The van der Waals surface area contributed by atoms with Gasteiger partial charge in [-0.1, -0.05) is 53.7 Å². The Morgan fingerprint density at radius 1 is 1.08 bits per heavy atom. The van der Waals surface area contributed by atoms with Crippen molar-refractivity contribution in [1.82, 2.24) is 10.7 Å². The zero-order valence-corrected chi connectivity index (χ0v) is 16.1. The lowest BCUT2D eigenvalue weighted by atomic mass is 10.2. The predicted molar refractivity (Wildman–Crippen MR) is 111 cm³/mol. The molecular weight excluding hydrogens is 386 g/mol. The molecule has 0 aliphatic rings. The van der Waals surface area contributed by atoms with Crippen LogP contribution in [0.4, 0.5) is 0 Å². The van der Waals surface area contributed by atoms with Gasteiger partial charge in [0, 0.05) is 16.5 Å². The number of hydrogen-bond acceptors (Lipinski definition) is 4. The average Bonchev–Trinajstić information content (AvgIpc) is 3.10. The molecule has 3 aromatic rings. The second-order valence-electron chi connectivity index (χ2n) is 5.25. The van der Waals surface area contributed by atoms with Crippen molar-refractivity contribution in [3.8, 4) is 0 Å². The molecule has 0 radical (unpaired) electrons. The summed E-state index contributed by atoms with van der Waals surface area (Å²) in [6, 6.07) is 21.4. The number of rotatable bonds is 6. The van der Waals surface area contributed by atoms with E-state index in [-0.39, 0.29) is 0 Å². The smallest absolute Gasteiger partial charge is 0.187 e. The molecular formula is C19H16ClN3OS2. The fourth-order valence-corrected chi connectivity index (χ4v) is 3.08. The van der Waals surface area contributed by atoms with Gasteiger partial charge in [-0.05, 0) is 54.2 Å². The van der Waals surface area contributed by atoms with Crippen molar-refractivity contribution in [3.05, 3.63) is 83.1 Å². The normalized spacial score (nSPS) is 10.8. The van der Waals surface area contributed by atoms with Gasteiger partial charge in [0.1, 0.15) is 5.76 Å². The van der Waals surface area contributed by atoms with Gasteiger partial charge >= 0.3 is 0 Å². The second-order valence-corrected chi connectivity index (χ2v) is 7.17. The summed E-state index contributed by atoms with van der Waals surface area (Å²) >= 11 is 12.6. The van der Waals surface area contributed by atoms with Gasteiger partial charge in [0.2, 0.25) is 0 Å². The van der Waals surface area contributed by atoms with Crippen LogP contribution in [0.1, 0.15) is 11.3 Å². The SMILES string of the molecule is S=C(NCc1ccccc1)NN=Cc1ccc(Sc2ccc(Cl)cc2)o1. The molecule has 4 nitrogen and oxygen atoms in total. The Kier molecular flexibility index (Phi) is 6.71. The molecule has 0 fully saturated rings. The van der Waals surface area contributed by atoms with Crippen molar-refractivity contribution in [2.24, 2.45) is 5.10 Å². The molecule has 0 amide bonds. The average molecular weight is 402 g/mol. The summed E-state index contributed by atoms with van der Waals surface area (Å²) in [5, 5.41) is 9.12. The molecule has 7 heteroatoms. The van der Waals surface area contributed by atoms with E-state index in [1.54, 1.807) is 6.21 Å². The van der Waals surface area contributed by atoms with Crippen LogP contribution in [0.3, 0.4) is 0 Å². The number of hydrazone groups is 1. The minimum atomic E-state index is 0.451. The van der Waals surface area contributed by atoms with E-state index in [0.29, 0.717) is 22.4 Å². The maximum atomic E-state index is 5.89. The van der Waals surface area contributed by atoms with Crippen LogP contribution in [-0.4, -0.2) is 11.3 Å². The van der Waals surface area contributed by atoms with Gasteiger partial charge in [0.05, 0.1) is 6.21 Å². The van der Waals surface area contributed by atoms with E-state index >= 15 is 0 Å². The number of thiocarbonyl (C=S) groups is 1. The van der Waals surface area contributed by atoms with Crippen molar-refractivity contribution >= 4 is 46.9 Å². The molecule has 2 N–H and O–H groups in total. The first-order chi connectivity index (χ1) is 12.7. The van der Waals surface area contributed by atoms with Crippen molar-refractivity contribution in [2.45, 2.75) is 16.5 Å². The molecule has 0 unspecified atom stereocenters. The number of nitrogens with one attached hydrogen (secondary N) is 2. The first kappa shape index (κ1) is 18.5. The minimum Gasteiger partial charge on any atom is -0.448 e. The van der Waals surface area contributed by atoms with Crippen LogP contribution in [0.15, 0.2) is 86.2 Å². The van der Waals surface area contributed by atoms with Crippen molar-refractivity contribution in [3.63, 3.8) is 0 Å². The van der Waals surface area contributed by atoms with Crippen LogP contribution < -0.4 is 10.7 Å². The predicted octanol–water partition coefficient (Wildman–Crippen LogP) is 5.08. The number of halogens is 1. The van der Waals surface area contributed by atoms with Gasteiger partial charge in [0.25, 0.3) is 0 Å². The second kappa shape index (κ2) is 9.43. The molecule has 26 heavy (non-hydrogen) atoms. The monoisotopic (exact) mass is 401 g/mol. The molecule has 0 saturated heterocycles. The molecule has 0 aliphatic heterocycles. The fraction of sp³-hybridized carbons (Fsp3) is 0.0526. The largest absolute Gasteiger partial charge is 0.448 e. The molecule has 1 heterocycles. The lowest BCUT2D eigenvalue weighted by Gasteiger charge is -2.06. The number of nitrogens with zero attached hydrogens (tertiary/aromatic N) is 1. The maximum Gasteiger partial charge on any atom is 0.187 e. The van der Waals surface area contributed by atoms with Gasteiger partial charge in [-0.15, -0.1) is 0 Å². The van der Waals surface area contributed by atoms with Crippen LogP contribution in [0.5, 0.6) is 0 Å². The van der Waals surface area contributed by atoms with Gasteiger partial charge in [-0.2, -0.15) is 5.10 Å². The molecule has 1 aromatic heterocycles. The summed E-state index contributed by atoms with van der Waals surface area (Å²) in [5.41, 5.74) is 3.92. The zero-order chi connectivity index (χ0) is 18.2. The lowest BCUT2D eigenvalue weighted by Crippen LogP contribution is -2.31. The van der Waals surface area contributed by atoms with E-state index in [1.807, 2.05) is 66.7 Å². The third-order valence-corrected chi connectivity index (χ3v) is 4.70. The minimum absolute atomic E-state index is 0.451. The fourth-order valence-electron chi connectivity index (χ4n) is 2.05.